The van der Waals surface area contributed by atoms with E-state index in [4.69, 9.17) is 28.5 Å². The highest BCUT2D eigenvalue weighted by Crippen LogP contribution is 2.33. The highest BCUT2D eigenvalue weighted by Gasteiger charge is 2.33. The van der Waals surface area contributed by atoms with Crippen molar-refractivity contribution in [1.29, 1.82) is 5.26 Å². The number of nitrogens with one attached hydrogen (secondary N) is 2. The molecule has 1 atom stereocenters. The minimum atomic E-state index is -0.750. The number of carbonyl (C=O) groups is 2. The number of likely N-dealkylation sites (tertiary alicyclic amines) is 1. The molecule has 0 spiro atoms. The van der Waals surface area contributed by atoms with E-state index in [9.17, 15) is 9.59 Å². The molecule has 34 heavy (non-hydrogen) atoms. The lowest BCUT2D eigenvalue weighted by atomic mass is 10.0. The van der Waals surface area contributed by atoms with Crippen LogP contribution in [0.1, 0.15) is 17.3 Å². The molecule has 1 saturated heterocycles. The Balaban J connectivity index is 1.44. The SMILES string of the molecule is CC(NC(=O)c1c[nH]c2ncc(-c3nn(C)c4cc(Cl)c(Cl)cc34)nc12)C(=O)N1CC(C#N)C1. The molecule has 0 saturated carbocycles. The van der Waals surface area contributed by atoms with Crippen molar-refractivity contribution in [2.45, 2.75) is 13.0 Å². The smallest absolute Gasteiger partial charge is 0.255 e. The van der Waals surface area contributed by atoms with Crippen molar-refractivity contribution < 1.29 is 9.59 Å². The lowest BCUT2D eigenvalue weighted by Gasteiger charge is -2.37. The van der Waals surface area contributed by atoms with Crippen molar-refractivity contribution in [3.05, 3.63) is 40.1 Å². The molecule has 2 amide bonds. The van der Waals surface area contributed by atoms with Gasteiger partial charge in [-0.05, 0) is 19.1 Å². The first-order valence-corrected chi connectivity index (χ1v) is 11.2. The number of aromatic amines is 1. The van der Waals surface area contributed by atoms with Gasteiger partial charge in [-0.3, -0.25) is 14.3 Å². The van der Waals surface area contributed by atoms with Gasteiger partial charge < -0.3 is 15.2 Å². The van der Waals surface area contributed by atoms with Gasteiger partial charge in [0.25, 0.3) is 5.91 Å². The summed E-state index contributed by atoms with van der Waals surface area (Å²) in [7, 11) is 1.78. The number of H-pyrrole nitrogens is 1. The first kappa shape index (κ1) is 22.1. The van der Waals surface area contributed by atoms with Gasteiger partial charge in [0.05, 0.1) is 39.3 Å². The molecule has 0 aliphatic carbocycles. The molecule has 1 aliphatic rings. The van der Waals surface area contributed by atoms with E-state index in [2.05, 4.69) is 31.4 Å². The Hall–Kier alpha value is -3.68. The summed E-state index contributed by atoms with van der Waals surface area (Å²) in [5.74, 6) is -0.846. The van der Waals surface area contributed by atoms with Crippen LogP contribution in [-0.2, 0) is 11.8 Å². The fourth-order valence-corrected chi connectivity index (χ4v) is 4.29. The van der Waals surface area contributed by atoms with E-state index in [1.165, 1.54) is 6.20 Å². The summed E-state index contributed by atoms with van der Waals surface area (Å²) in [5, 5.41) is 17.7. The summed E-state index contributed by atoms with van der Waals surface area (Å²) in [6, 6.07) is 4.82. The Bertz CT molecular complexity index is 1510. The van der Waals surface area contributed by atoms with Crippen LogP contribution >= 0.6 is 23.2 Å². The molecule has 0 radical (unpaired) electrons. The summed E-state index contributed by atoms with van der Waals surface area (Å²) in [6.45, 7) is 2.37. The van der Waals surface area contributed by atoms with E-state index < -0.39 is 11.9 Å². The predicted molar refractivity (Wildman–Crippen MR) is 126 cm³/mol. The second-order valence-electron chi connectivity index (χ2n) is 8.17. The quantitative estimate of drug-likeness (QED) is 0.446. The van der Waals surface area contributed by atoms with Crippen LogP contribution in [0.25, 0.3) is 33.5 Å². The van der Waals surface area contributed by atoms with Gasteiger partial charge in [0.2, 0.25) is 5.91 Å². The number of nitrogens with zero attached hydrogens (tertiary/aromatic N) is 6. The molecule has 0 bridgehead atoms. The Kier molecular flexibility index (Phi) is 5.38. The topological polar surface area (TPSA) is 133 Å². The Labute approximate surface area is 203 Å². The fourth-order valence-electron chi connectivity index (χ4n) is 3.97. The van der Waals surface area contributed by atoms with Gasteiger partial charge in [-0.25, -0.2) is 9.97 Å². The van der Waals surface area contributed by atoms with Crippen LogP contribution in [0.5, 0.6) is 0 Å². The molecule has 1 aromatic carbocycles. The number of carbonyl (C=O) groups excluding carboxylic acids is 2. The Morgan fingerprint density at radius 3 is 2.76 bits per heavy atom. The van der Waals surface area contributed by atoms with Crippen LogP contribution in [0.3, 0.4) is 0 Å². The van der Waals surface area contributed by atoms with Crippen molar-refractivity contribution >= 4 is 57.1 Å². The van der Waals surface area contributed by atoms with Gasteiger partial charge in [-0.15, -0.1) is 0 Å². The van der Waals surface area contributed by atoms with Crippen LogP contribution in [0.4, 0.5) is 0 Å². The summed E-state index contributed by atoms with van der Waals surface area (Å²) in [6.07, 6.45) is 3.07. The highest BCUT2D eigenvalue weighted by molar-refractivity contribution is 6.42. The lowest BCUT2D eigenvalue weighted by molar-refractivity contribution is -0.137. The molecule has 1 fully saturated rings. The second kappa shape index (κ2) is 8.27. The number of hydrogen-bond acceptors (Lipinski definition) is 6. The third-order valence-corrected chi connectivity index (χ3v) is 6.58. The van der Waals surface area contributed by atoms with Crippen molar-refractivity contribution in [2.24, 2.45) is 13.0 Å². The number of fused-ring (bicyclic) bond motifs is 2. The van der Waals surface area contributed by atoms with Gasteiger partial charge >= 0.3 is 0 Å². The summed E-state index contributed by atoms with van der Waals surface area (Å²) in [5.41, 5.74) is 2.80. The number of rotatable bonds is 4. The number of aromatic nitrogens is 5. The van der Waals surface area contributed by atoms with Crippen LogP contribution in [0, 0.1) is 17.2 Å². The minimum absolute atomic E-state index is 0.150. The van der Waals surface area contributed by atoms with Gasteiger partial charge in [-0.2, -0.15) is 10.4 Å². The number of amides is 2. The van der Waals surface area contributed by atoms with Crippen LogP contribution < -0.4 is 5.32 Å². The molecular weight excluding hydrogens is 479 g/mol. The van der Waals surface area contributed by atoms with E-state index in [-0.39, 0.29) is 17.4 Å². The second-order valence-corrected chi connectivity index (χ2v) is 8.99. The maximum Gasteiger partial charge on any atom is 0.255 e. The monoisotopic (exact) mass is 496 g/mol. The first-order chi connectivity index (χ1) is 16.3. The number of nitriles is 1. The molecule has 10 nitrogen and oxygen atoms in total. The maximum absolute atomic E-state index is 13.0. The van der Waals surface area contributed by atoms with Gasteiger partial charge in [0, 0.05) is 31.7 Å². The predicted octanol–water partition coefficient (Wildman–Crippen LogP) is 2.92. The molecule has 1 unspecified atom stereocenters. The fraction of sp³-hybridized carbons (Fsp3) is 0.273. The van der Waals surface area contributed by atoms with Crippen LogP contribution in [0.15, 0.2) is 24.5 Å². The average Bonchev–Trinajstić information content (AvgIpc) is 3.34. The van der Waals surface area contributed by atoms with Gasteiger partial charge in [-0.1, -0.05) is 23.2 Å². The molecule has 5 rings (SSSR count). The highest BCUT2D eigenvalue weighted by atomic mass is 35.5. The van der Waals surface area contributed by atoms with Crippen molar-refractivity contribution in [3.8, 4) is 17.5 Å². The summed E-state index contributed by atoms with van der Waals surface area (Å²) < 4.78 is 1.67. The van der Waals surface area contributed by atoms with E-state index in [0.717, 1.165) is 10.9 Å². The number of aryl methyl sites for hydroxylation is 1. The van der Waals surface area contributed by atoms with E-state index >= 15 is 0 Å². The maximum atomic E-state index is 13.0. The van der Waals surface area contributed by atoms with E-state index in [1.807, 2.05) is 0 Å². The summed E-state index contributed by atoms with van der Waals surface area (Å²) >= 11 is 12.4. The average molecular weight is 497 g/mol. The van der Waals surface area contributed by atoms with Gasteiger partial charge in [0.15, 0.2) is 5.65 Å². The summed E-state index contributed by atoms with van der Waals surface area (Å²) in [4.78, 5) is 39.0. The Morgan fingerprint density at radius 2 is 2.03 bits per heavy atom. The third-order valence-electron chi connectivity index (χ3n) is 5.85. The Morgan fingerprint density at radius 1 is 1.29 bits per heavy atom. The molecule has 1 aliphatic heterocycles. The number of halogens is 2. The zero-order valence-corrected chi connectivity index (χ0v) is 19.6. The molecule has 3 aromatic heterocycles. The zero-order chi connectivity index (χ0) is 24.1. The first-order valence-electron chi connectivity index (χ1n) is 10.4. The molecule has 2 N–H and O–H groups in total. The zero-order valence-electron chi connectivity index (χ0n) is 18.1. The standard InChI is InChI=1S/C22H18Cl2N8O2/c1-10(22(34)32-8-11(5-25)9-32)28-21(33)13-6-26-20-19(13)29-16(7-27-20)18-12-3-14(23)15(24)4-17(12)31(2)30-18/h3-4,6-7,10-11H,8-9H2,1-2H3,(H,26,27)(H,28,33). The minimum Gasteiger partial charge on any atom is -0.344 e. The molecular formula is C22H18Cl2N8O2. The van der Waals surface area contributed by atoms with Crippen molar-refractivity contribution in [2.75, 3.05) is 13.1 Å². The van der Waals surface area contributed by atoms with E-state index in [0.29, 0.717) is 45.7 Å². The normalized spacial score (nSPS) is 14.7. The lowest BCUT2D eigenvalue weighted by Crippen LogP contribution is -2.55. The molecule has 4 heterocycles. The molecule has 172 valence electrons. The number of benzene rings is 1. The van der Waals surface area contributed by atoms with Crippen LogP contribution in [0.2, 0.25) is 10.0 Å². The van der Waals surface area contributed by atoms with Gasteiger partial charge in [0.1, 0.15) is 22.9 Å². The van der Waals surface area contributed by atoms with Crippen molar-refractivity contribution in [3.63, 3.8) is 0 Å². The number of hydrogen-bond donors (Lipinski definition) is 2. The van der Waals surface area contributed by atoms with E-state index in [1.54, 1.807) is 41.9 Å². The van der Waals surface area contributed by atoms with Crippen LogP contribution in [-0.4, -0.2) is 60.6 Å². The molecule has 4 aromatic rings. The van der Waals surface area contributed by atoms with Crippen molar-refractivity contribution in [1.82, 2.24) is 34.9 Å². The molecule has 12 heteroatoms. The largest absolute Gasteiger partial charge is 0.344 e. The third kappa shape index (κ3) is 3.63.